The molecule has 1 heterocycles. The van der Waals surface area contributed by atoms with Gasteiger partial charge in [0.1, 0.15) is 18.3 Å². The number of hydrogen-bond donors (Lipinski definition) is 5. The van der Waals surface area contributed by atoms with E-state index >= 15 is 0 Å². The van der Waals surface area contributed by atoms with E-state index in [2.05, 4.69) is 47.6 Å². The molecule has 5 fully saturated rings. The molecule has 1 aliphatic heterocycles. The number of aliphatic hydroxyl groups is 4. The first-order valence-electron chi connectivity index (χ1n) is 17.3. The van der Waals surface area contributed by atoms with E-state index in [0.29, 0.717) is 12.3 Å². The number of rotatable bonds is 4. The largest absolute Gasteiger partial charge is 0.481 e. The van der Waals surface area contributed by atoms with Crippen molar-refractivity contribution in [3.8, 4) is 0 Å². The minimum atomic E-state index is -1.37. The molecule has 6 rings (SSSR count). The van der Waals surface area contributed by atoms with Crippen LogP contribution in [0.2, 0.25) is 0 Å². The van der Waals surface area contributed by atoms with Crippen LogP contribution < -0.4 is 0 Å². The molecule has 0 radical (unpaired) electrons. The smallest absolute Gasteiger partial charge is 0.310 e. The number of hydrogen-bond acceptors (Lipinski definition) is 7. The lowest BCUT2D eigenvalue weighted by Gasteiger charge is -2.71. The molecule has 6 aliphatic rings. The van der Waals surface area contributed by atoms with E-state index in [9.17, 15) is 30.3 Å². The van der Waals surface area contributed by atoms with Gasteiger partial charge in [-0.3, -0.25) is 4.79 Å². The highest BCUT2D eigenvalue weighted by atomic mass is 16.7. The Labute approximate surface area is 263 Å². The SMILES string of the molecule is C[C@@H]1O[C@H](O[C@H]2CC[C@@]3(C)[C@@H](CC[C@]4(C)[C@@H]3CC=C3[C@@H]5CC(C)(C)CC[C@]5(C(=O)O)CC[C@]34C)[C@]2(C)CO)[C@H](O)[C@H](O)[C@H]1O. The van der Waals surface area contributed by atoms with Crippen LogP contribution in [0.3, 0.4) is 0 Å². The van der Waals surface area contributed by atoms with E-state index in [1.165, 1.54) is 5.57 Å². The number of ether oxygens (including phenoxy) is 2. The van der Waals surface area contributed by atoms with E-state index in [-0.39, 0.29) is 46.2 Å². The predicted molar refractivity (Wildman–Crippen MR) is 165 cm³/mol. The third kappa shape index (κ3) is 4.33. The zero-order valence-corrected chi connectivity index (χ0v) is 28.0. The molecule has 250 valence electrons. The number of carbonyl (C=O) groups is 1. The average molecular weight is 619 g/mol. The molecule has 0 aromatic heterocycles. The Bertz CT molecular complexity index is 1180. The Hall–Kier alpha value is -1.03. The van der Waals surface area contributed by atoms with E-state index in [1.807, 2.05) is 0 Å². The highest BCUT2D eigenvalue weighted by molar-refractivity contribution is 5.76. The summed E-state index contributed by atoms with van der Waals surface area (Å²) in [5.41, 5.74) is 0.201. The Morgan fingerprint density at radius 3 is 2.25 bits per heavy atom. The molecule has 0 amide bonds. The predicted octanol–water partition coefficient (Wildman–Crippen LogP) is 5.06. The fourth-order valence-electron chi connectivity index (χ4n) is 12.1. The summed E-state index contributed by atoms with van der Waals surface area (Å²) in [5.74, 6) is 0.0383. The molecule has 0 unspecified atom stereocenters. The van der Waals surface area contributed by atoms with E-state index in [4.69, 9.17) is 9.47 Å². The average Bonchev–Trinajstić information content (AvgIpc) is 2.96. The summed E-state index contributed by atoms with van der Waals surface area (Å²) >= 11 is 0. The summed E-state index contributed by atoms with van der Waals surface area (Å²) in [6.45, 7) is 15.7. The van der Waals surface area contributed by atoms with Crippen molar-refractivity contribution in [3.63, 3.8) is 0 Å². The van der Waals surface area contributed by atoms with Crippen LogP contribution in [0.1, 0.15) is 113 Å². The molecule has 1 saturated heterocycles. The van der Waals surface area contributed by atoms with Crippen LogP contribution in [0.25, 0.3) is 0 Å². The first kappa shape index (κ1) is 32.9. The topological polar surface area (TPSA) is 137 Å². The summed E-state index contributed by atoms with van der Waals surface area (Å²) in [5, 5.41) is 53.0. The summed E-state index contributed by atoms with van der Waals surface area (Å²) in [7, 11) is 0. The zero-order chi connectivity index (χ0) is 32.3. The molecule has 4 saturated carbocycles. The van der Waals surface area contributed by atoms with E-state index in [1.54, 1.807) is 6.92 Å². The van der Waals surface area contributed by atoms with Crippen LogP contribution in [0.4, 0.5) is 0 Å². The second-order valence-corrected chi connectivity index (χ2v) is 17.7. The fraction of sp³-hybridized carbons (Fsp3) is 0.917. The monoisotopic (exact) mass is 618 g/mol. The van der Waals surface area contributed by atoms with Crippen molar-refractivity contribution in [2.45, 2.75) is 149 Å². The van der Waals surface area contributed by atoms with Crippen LogP contribution in [0.15, 0.2) is 11.6 Å². The van der Waals surface area contributed by atoms with Gasteiger partial charge in [0.25, 0.3) is 0 Å². The van der Waals surface area contributed by atoms with Gasteiger partial charge < -0.3 is 35.0 Å². The molecule has 8 heteroatoms. The third-order valence-corrected chi connectivity index (χ3v) is 15.3. The lowest BCUT2D eigenvalue weighted by Crippen LogP contribution is -2.67. The van der Waals surface area contributed by atoms with Crippen molar-refractivity contribution in [2.24, 2.45) is 50.2 Å². The lowest BCUT2D eigenvalue weighted by atomic mass is 9.33. The number of aliphatic carboxylic acids is 1. The molecule has 5 N–H and O–H groups in total. The summed E-state index contributed by atoms with van der Waals surface area (Å²) in [4.78, 5) is 12.9. The van der Waals surface area contributed by atoms with Gasteiger partial charge in [-0.25, -0.2) is 0 Å². The van der Waals surface area contributed by atoms with Crippen molar-refractivity contribution < 1.29 is 39.8 Å². The van der Waals surface area contributed by atoms with Crippen molar-refractivity contribution >= 4 is 5.97 Å². The molecule has 0 spiro atoms. The van der Waals surface area contributed by atoms with E-state index < -0.39 is 47.5 Å². The molecule has 0 bridgehead atoms. The molecule has 14 atom stereocenters. The van der Waals surface area contributed by atoms with Crippen molar-refractivity contribution in [3.05, 3.63) is 11.6 Å². The summed E-state index contributed by atoms with van der Waals surface area (Å²) in [6, 6.07) is 0. The first-order valence-corrected chi connectivity index (χ1v) is 17.3. The molecule has 44 heavy (non-hydrogen) atoms. The first-order chi connectivity index (χ1) is 20.4. The van der Waals surface area contributed by atoms with Crippen LogP contribution in [-0.2, 0) is 14.3 Å². The maximum Gasteiger partial charge on any atom is 0.310 e. The molecule has 5 aliphatic carbocycles. The maximum atomic E-state index is 12.9. The van der Waals surface area contributed by atoms with Crippen LogP contribution in [-0.4, -0.2) is 74.9 Å². The van der Waals surface area contributed by atoms with Crippen LogP contribution >= 0.6 is 0 Å². The normalized spacial score (nSPS) is 55.1. The van der Waals surface area contributed by atoms with Gasteiger partial charge in [-0.15, -0.1) is 0 Å². The minimum absolute atomic E-state index is 0.0109. The fourth-order valence-corrected chi connectivity index (χ4v) is 12.1. The number of allylic oxidation sites excluding steroid dienone is 2. The van der Waals surface area contributed by atoms with Gasteiger partial charge in [0.05, 0.1) is 24.2 Å². The van der Waals surface area contributed by atoms with Crippen molar-refractivity contribution in [1.29, 1.82) is 0 Å². The molecule has 0 aromatic rings. The number of carboxylic acids is 1. The highest BCUT2D eigenvalue weighted by Gasteiger charge is 2.70. The second-order valence-electron chi connectivity index (χ2n) is 17.7. The lowest BCUT2D eigenvalue weighted by molar-refractivity contribution is -0.328. The minimum Gasteiger partial charge on any atom is -0.481 e. The van der Waals surface area contributed by atoms with Gasteiger partial charge in [0.15, 0.2) is 6.29 Å². The van der Waals surface area contributed by atoms with Crippen molar-refractivity contribution in [1.82, 2.24) is 0 Å². The Balaban J connectivity index is 1.32. The number of fused-ring (bicyclic) bond motifs is 7. The van der Waals surface area contributed by atoms with Gasteiger partial charge in [0.2, 0.25) is 0 Å². The van der Waals surface area contributed by atoms with Crippen LogP contribution in [0, 0.1) is 50.2 Å². The molecule has 0 aromatic carbocycles. The number of aliphatic hydroxyl groups excluding tert-OH is 4. The standard InChI is InChI=1S/C36H58O8/c1-20-26(38)27(39)28(40)29(43-20)44-25-11-12-32(4)23(33(25,5)19-37)10-13-35(7)24(32)9-8-21-22-18-31(2,3)14-16-36(22,30(41)42)17-15-34(21,35)6/h8,20,22-29,37-40H,9-19H2,1-7H3,(H,41,42)/t20-,22-,23+,24+,25-,26-,27+,28+,29+,32-,33-,34+,35+,36-/m0/s1. The quantitative estimate of drug-likeness (QED) is 0.218. The molecular formula is C36H58O8. The van der Waals surface area contributed by atoms with Crippen molar-refractivity contribution in [2.75, 3.05) is 6.61 Å². The Morgan fingerprint density at radius 2 is 1.59 bits per heavy atom. The van der Waals surface area contributed by atoms with Crippen LogP contribution in [0.5, 0.6) is 0 Å². The zero-order valence-electron chi connectivity index (χ0n) is 28.0. The van der Waals surface area contributed by atoms with Gasteiger partial charge in [0, 0.05) is 5.41 Å². The maximum absolute atomic E-state index is 12.9. The van der Waals surface area contributed by atoms with Gasteiger partial charge in [-0.1, -0.05) is 53.2 Å². The third-order valence-electron chi connectivity index (χ3n) is 15.3. The van der Waals surface area contributed by atoms with Gasteiger partial charge in [-0.2, -0.15) is 0 Å². The van der Waals surface area contributed by atoms with E-state index in [0.717, 1.165) is 57.8 Å². The number of carboxylic acid groups (broad SMARTS) is 1. The highest BCUT2D eigenvalue weighted by Crippen LogP contribution is 2.76. The molecular weight excluding hydrogens is 560 g/mol. The Morgan fingerprint density at radius 1 is 0.909 bits per heavy atom. The summed E-state index contributed by atoms with van der Waals surface area (Å²) < 4.78 is 12.3. The molecule has 8 nitrogen and oxygen atoms in total. The summed E-state index contributed by atoms with van der Waals surface area (Å²) in [6.07, 6.45) is 5.22. The Kier molecular flexibility index (Phi) is 7.84. The van der Waals surface area contributed by atoms with Gasteiger partial charge in [-0.05, 0) is 111 Å². The second kappa shape index (κ2) is 10.5. The van der Waals surface area contributed by atoms with Gasteiger partial charge >= 0.3 is 5.97 Å².